The highest BCUT2D eigenvalue weighted by atomic mass is 16.5. The fourth-order valence-electron chi connectivity index (χ4n) is 2.58. The molecule has 0 saturated heterocycles. The van der Waals surface area contributed by atoms with E-state index in [1.54, 1.807) is 24.3 Å². The molecule has 0 aliphatic heterocycles. The number of carbonyl (C=O) groups excluding carboxylic acids is 2. The molecule has 0 spiro atoms. The molecule has 0 bridgehead atoms. The number of anilines is 1. The van der Waals surface area contributed by atoms with Gasteiger partial charge in [0, 0.05) is 5.54 Å². The van der Waals surface area contributed by atoms with E-state index in [1.165, 1.54) is 0 Å². The summed E-state index contributed by atoms with van der Waals surface area (Å²) in [5, 5.41) is 5.76. The first-order valence-corrected chi connectivity index (χ1v) is 9.16. The Hall–Kier alpha value is -2.82. The van der Waals surface area contributed by atoms with Crippen LogP contribution in [-0.2, 0) is 4.79 Å². The van der Waals surface area contributed by atoms with Gasteiger partial charge < -0.3 is 15.4 Å². The van der Waals surface area contributed by atoms with Crippen LogP contribution in [-0.4, -0.2) is 23.5 Å². The van der Waals surface area contributed by atoms with Crippen molar-refractivity contribution in [3.63, 3.8) is 0 Å². The summed E-state index contributed by atoms with van der Waals surface area (Å²) in [6.07, 6.45) is -0.138. The molecule has 0 aromatic heterocycles. The average Bonchev–Trinajstić information content (AvgIpc) is 2.60. The van der Waals surface area contributed by atoms with E-state index in [2.05, 4.69) is 10.6 Å². The van der Waals surface area contributed by atoms with E-state index in [-0.39, 0.29) is 17.4 Å². The van der Waals surface area contributed by atoms with Crippen molar-refractivity contribution < 1.29 is 14.3 Å². The third-order valence-corrected chi connectivity index (χ3v) is 3.94. The van der Waals surface area contributed by atoms with Gasteiger partial charge in [0.2, 0.25) is 0 Å². The molecule has 0 aliphatic rings. The normalized spacial score (nSPS) is 12.2. The van der Waals surface area contributed by atoms with Crippen LogP contribution < -0.4 is 15.4 Å². The fourth-order valence-corrected chi connectivity index (χ4v) is 2.58. The highest BCUT2D eigenvalue weighted by Gasteiger charge is 2.22. The Balaban J connectivity index is 2.17. The first kappa shape index (κ1) is 20.5. The lowest BCUT2D eigenvalue weighted by Crippen LogP contribution is -2.41. The zero-order valence-electron chi connectivity index (χ0n) is 16.6. The lowest BCUT2D eigenvalue weighted by Gasteiger charge is -2.22. The van der Waals surface area contributed by atoms with E-state index >= 15 is 0 Å². The predicted octanol–water partition coefficient (Wildman–Crippen LogP) is 4.32. The zero-order valence-corrected chi connectivity index (χ0v) is 16.6. The molecule has 2 rings (SSSR count). The largest absolute Gasteiger partial charge is 0.480 e. The average molecular weight is 368 g/mol. The maximum atomic E-state index is 12.8. The first-order valence-electron chi connectivity index (χ1n) is 9.16. The van der Waals surface area contributed by atoms with Crippen LogP contribution in [0, 0.1) is 6.92 Å². The minimum atomic E-state index is -0.648. The molecule has 0 aliphatic carbocycles. The Morgan fingerprint density at radius 3 is 2.30 bits per heavy atom. The molecule has 0 unspecified atom stereocenters. The molecule has 0 radical (unpaired) electrons. The minimum Gasteiger partial charge on any atom is -0.480 e. The van der Waals surface area contributed by atoms with Crippen LogP contribution in [0.15, 0.2) is 48.5 Å². The maximum absolute atomic E-state index is 12.8. The van der Waals surface area contributed by atoms with Gasteiger partial charge >= 0.3 is 0 Å². The Kier molecular flexibility index (Phi) is 6.61. The van der Waals surface area contributed by atoms with Crippen molar-refractivity contribution in [1.82, 2.24) is 5.32 Å². The second kappa shape index (κ2) is 8.71. The Bertz CT molecular complexity index is 809. The van der Waals surface area contributed by atoms with E-state index in [1.807, 2.05) is 58.9 Å². The smallest absolute Gasteiger partial charge is 0.265 e. The van der Waals surface area contributed by atoms with Crippen LogP contribution in [0.4, 0.5) is 5.69 Å². The van der Waals surface area contributed by atoms with Crippen molar-refractivity contribution in [1.29, 1.82) is 0 Å². The molecule has 1 atom stereocenters. The van der Waals surface area contributed by atoms with Gasteiger partial charge in [0.25, 0.3) is 11.8 Å². The maximum Gasteiger partial charge on any atom is 0.265 e. The van der Waals surface area contributed by atoms with Crippen molar-refractivity contribution in [2.45, 2.75) is 52.7 Å². The number of hydrogen-bond donors (Lipinski definition) is 2. The fraction of sp³-hybridized carbons (Fsp3) is 0.364. The van der Waals surface area contributed by atoms with Gasteiger partial charge in [-0.05, 0) is 57.9 Å². The molecular formula is C22H28N2O3. The predicted molar refractivity (Wildman–Crippen MR) is 108 cm³/mol. The molecule has 2 aromatic carbocycles. The second-order valence-corrected chi connectivity index (χ2v) is 7.52. The number of aryl methyl sites for hydroxylation is 1. The highest BCUT2D eigenvalue weighted by Crippen LogP contribution is 2.21. The van der Waals surface area contributed by atoms with Crippen molar-refractivity contribution in [3.05, 3.63) is 59.7 Å². The van der Waals surface area contributed by atoms with E-state index < -0.39 is 6.10 Å². The molecule has 0 saturated carbocycles. The standard InChI is InChI=1S/C22H28N2O3/c1-6-18(27-19-14-10-7-11-15(19)2)21(26)23-17-13-9-8-12-16(17)20(25)24-22(3,4)5/h7-14,18H,6H2,1-5H3,(H,23,26)(H,24,25)/t18-/m1/s1. The molecule has 5 heteroatoms. The monoisotopic (exact) mass is 368 g/mol. The van der Waals surface area contributed by atoms with Crippen molar-refractivity contribution in [3.8, 4) is 5.75 Å². The summed E-state index contributed by atoms with van der Waals surface area (Å²) in [6, 6.07) is 14.5. The SMILES string of the molecule is CC[C@@H](Oc1ccccc1C)C(=O)Nc1ccccc1C(=O)NC(C)(C)C. The molecule has 144 valence electrons. The van der Waals surface area contributed by atoms with E-state index in [9.17, 15) is 9.59 Å². The topological polar surface area (TPSA) is 67.4 Å². The van der Waals surface area contributed by atoms with E-state index in [4.69, 9.17) is 4.74 Å². The Labute approximate surface area is 161 Å². The second-order valence-electron chi connectivity index (χ2n) is 7.52. The number of hydrogen-bond acceptors (Lipinski definition) is 3. The van der Waals surface area contributed by atoms with Crippen LogP contribution in [0.5, 0.6) is 5.75 Å². The Morgan fingerprint density at radius 2 is 1.67 bits per heavy atom. The molecule has 27 heavy (non-hydrogen) atoms. The van der Waals surface area contributed by atoms with Gasteiger partial charge in [-0.3, -0.25) is 9.59 Å². The molecule has 2 amide bonds. The van der Waals surface area contributed by atoms with E-state index in [0.29, 0.717) is 23.4 Å². The van der Waals surface area contributed by atoms with Gasteiger partial charge in [-0.2, -0.15) is 0 Å². The quantitative estimate of drug-likeness (QED) is 0.798. The van der Waals surface area contributed by atoms with Gasteiger partial charge in [-0.1, -0.05) is 37.3 Å². The van der Waals surface area contributed by atoms with E-state index in [0.717, 1.165) is 5.56 Å². The number of ether oxygens (including phenoxy) is 1. The van der Waals surface area contributed by atoms with Gasteiger partial charge in [0.15, 0.2) is 6.10 Å². The summed E-state index contributed by atoms with van der Waals surface area (Å²) in [5.41, 5.74) is 1.49. The summed E-state index contributed by atoms with van der Waals surface area (Å²) in [4.78, 5) is 25.3. The van der Waals surface area contributed by atoms with Crippen molar-refractivity contribution in [2.75, 3.05) is 5.32 Å². The number of nitrogens with one attached hydrogen (secondary N) is 2. The molecular weight excluding hydrogens is 340 g/mol. The molecule has 2 N–H and O–H groups in total. The summed E-state index contributed by atoms with van der Waals surface area (Å²) < 4.78 is 5.90. The van der Waals surface area contributed by atoms with Crippen LogP contribution in [0.3, 0.4) is 0 Å². The lowest BCUT2D eigenvalue weighted by atomic mass is 10.1. The van der Waals surface area contributed by atoms with Crippen LogP contribution in [0.2, 0.25) is 0 Å². The van der Waals surface area contributed by atoms with Crippen molar-refractivity contribution >= 4 is 17.5 Å². The molecule has 5 nitrogen and oxygen atoms in total. The number of benzene rings is 2. The van der Waals surface area contributed by atoms with Gasteiger partial charge in [0.05, 0.1) is 11.3 Å². The summed E-state index contributed by atoms with van der Waals surface area (Å²) in [5.74, 6) is 0.168. The molecule has 2 aromatic rings. The van der Waals surface area contributed by atoms with Gasteiger partial charge in [-0.15, -0.1) is 0 Å². The van der Waals surface area contributed by atoms with Gasteiger partial charge in [-0.25, -0.2) is 0 Å². The number of amides is 2. The highest BCUT2D eigenvalue weighted by molar-refractivity contribution is 6.04. The number of carbonyl (C=O) groups is 2. The molecule has 0 heterocycles. The lowest BCUT2D eigenvalue weighted by molar-refractivity contribution is -0.122. The third kappa shape index (κ3) is 5.84. The molecule has 0 fully saturated rings. The Morgan fingerprint density at radius 1 is 1.04 bits per heavy atom. The summed E-state index contributed by atoms with van der Waals surface area (Å²) >= 11 is 0. The van der Waals surface area contributed by atoms with Crippen LogP contribution in [0.25, 0.3) is 0 Å². The van der Waals surface area contributed by atoms with Crippen LogP contribution in [0.1, 0.15) is 50.0 Å². The zero-order chi connectivity index (χ0) is 20.0. The number of rotatable bonds is 6. The summed E-state index contributed by atoms with van der Waals surface area (Å²) in [6.45, 7) is 9.56. The van der Waals surface area contributed by atoms with Gasteiger partial charge in [0.1, 0.15) is 5.75 Å². The minimum absolute atomic E-state index is 0.230. The van der Waals surface area contributed by atoms with Crippen molar-refractivity contribution in [2.24, 2.45) is 0 Å². The first-order chi connectivity index (χ1) is 12.7. The summed E-state index contributed by atoms with van der Waals surface area (Å²) in [7, 11) is 0. The third-order valence-electron chi connectivity index (χ3n) is 3.94. The van der Waals surface area contributed by atoms with Crippen LogP contribution >= 0.6 is 0 Å². The number of para-hydroxylation sites is 2.